The highest BCUT2D eigenvalue weighted by atomic mass is 16.6. The van der Waals surface area contributed by atoms with Crippen molar-refractivity contribution >= 4 is 17.3 Å². The molecule has 27 heavy (non-hydrogen) atoms. The van der Waals surface area contributed by atoms with Gasteiger partial charge < -0.3 is 4.90 Å². The molecular weight excluding hydrogens is 340 g/mol. The summed E-state index contributed by atoms with van der Waals surface area (Å²) in [5, 5.41) is 11.3. The number of hydrogen-bond acceptors (Lipinski definition) is 3. The summed E-state index contributed by atoms with van der Waals surface area (Å²) < 4.78 is 0. The van der Waals surface area contributed by atoms with E-state index >= 15 is 0 Å². The molecule has 3 aromatic rings. The maximum atomic E-state index is 13.0. The van der Waals surface area contributed by atoms with Crippen LogP contribution in [0.1, 0.15) is 28.3 Å². The number of amides is 1. The molecule has 0 radical (unpaired) electrons. The molecule has 0 spiro atoms. The molecule has 5 nitrogen and oxygen atoms in total. The first-order chi connectivity index (χ1) is 13.0. The lowest BCUT2D eigenvalue weighted by Crippen LogP contribution is -2.41. The third-order valence-corrected chi connectivity index (χ3v) is 4.93. The van der Waals surface area contributed by atoms with Crippen LogP contribution in [0.4, 0.5) is 11.4 Å². The minimum Gasteiger partial charge on any atom is -0.300 e. The maximum Gasteiger partial charge on any atom is 0.269 e. The van der Waals surface area contributed by atoms with E-state index < -0.39 is 11.0 Å². The molecule has 0 saturated heterocycles. The van der Waals surface area contributed by atoms with Crippen LogP contribution in [0.2, 0.25) is 0 Å². The fourth-order valence-corrected chi connectivity index (χ4v) is 3.63. The number of anilines is 1. The zero-order valence-corrected chi connectivity index (χ0v) is 14.8. The van der Waals surface area contributed by atoms with E-state index in [4.69, 9.17) is 0 Å². The van der Waals surface area contributed by atoms with Crippen LogP contribution in [0, 0.1) is 17.0 Å². The fraction of sp³-hybridized carbons (Fsp3) is 0.136. The van der Waals surface area contributed by atoms with Crippen LogP contribution >= 0.6 is 0 Å². The normalized spacial score (nSPS) is 16.1. The number of carbonyl (C=O) groups is 1. The third-order valence-electron chi connectivity index (χ3n) is 4.93. The van der Waals surface area contributed by atoms with Crippen molar-refractivity contribution in [2.75, 3.05) is 4.90 Å². The van der Waals surface area contributed by atoms with Crippen molar-refractivity contribution in [1.29, 1.82) is 0 Å². The second-order valence-corrected chi connectivity index (χ2v) is 6.73. The Morgan fingerprint density at radius 1 is 1.00 bits per heavy atom. The van der Waals surface area contributed by atoms with Crippen molar-refractivity contribution in [2.45, 2.75) is 19.4 Å². The highest BCUT2D eigenvalue weighted by Crippen LogP contribution is 2.39. The van der Waals surface area contributed by atoms with Gasteiger partial charge in [-0.1, -0.05) is 54.1 Å². The van der Waals surface area contributed by atoms with Crippen LogP contribution in [-0.4, -0.2) is 10.8 Å². The number of nitro benzene ring substituents is 1. The van der Waals surface area contributed by atoms with Gasteiger partial charge in [0.25, 0.3) is 5.69 Å². The second-order valence-electron chi connectivity index (χ2n) is 6.73. The largest absolute Gasteiger partial charge is 0.300 e. The van der Waals surface area contributed by atoms with Crippen LogP contribution in [0.3, 0.4) is 0 Å². The van der Waals surface area contributed by atoms with Gasteiger partial charge in [-0.05, 0) is 35.7 Å². The van der Waals surface area contributed by atoms with Crippen LogP contribution in [0.5, 0.6) is 0 Å². The molecule has 4 rings (SSSR count). The van der Waals surface area contributed by atoms with E-state index in [2.05, 4.69) is 0 Å². The zero-order chi connectivity index (χ0) is 19.0. The van der Waals surface area contributed by atoms with Gasteiger partial charge in [-0.25, -0.2) is 0 Å². The van der Waals surface area contributed by atoms with Crippen molar-refractivity contribution in [2.24, 2.45) is 0 Å². The minimum absolute atomic E-state index is 0.0194. The van der Waals surface area contributed by atoms with Crippen LogP contribution in [-0.2, 0) is 11.2 Å². The lowest BCUT2D eigenvalue weighted by Gasteiger charge is -2.37. The topological polar surface area (TPSA) is 63.5 Å². The number of nitro groups is 1. The summed E-state index contributed by atoms with van der Waals surface area (Å²) in [4.78, 5) is 25.6. The molecule has 5 heteroatoms. The van der Waals surface area contributed by atoms with Gasteiger partial charge in [0.05, 0.1) is 17.4 Å². The quantitative estimate of drug-likeness (QED) is 0.508. The predicted molar refractivity (Wildman–Crippen MR) is 104 cm³/mol. The summed E-state index contributed by atoms with van der Waals surface area (Å²) in [7, 11) is 0. The molecule has 1 heterocycles. The van der Waals surface area contributed by atoms with Crippen LogP contribution in [0.15, 0.2) is 72.8 Å². The molecule has 1 aliphatic rings. The molecule has 0 aromatic heterocycles. The fourth-order valence-electron chi connectivity index (χ4n) is 3.63. The van der Waals surface area contributed by atoms with Crippen molar-refractivity contribution in [1.82, 2.24) is 0 Å². The number of carbonyl (C=O) groups excluding carboxylic acids is 1. The van der Waals surface area contributed by atoms with Crippen LogP contribution < -0.4 is 4.90 Å². The number of non-ortho nitro benzene ring substituents is 1. The molecule has 0 aliphatic carbocycles. The Morgan fingerprint density at radius 3 is 2.48 bits per heavy atom. The number of nitrogens with zero attached hydrogens (tertiary/aromatic N) is 2. The predicted octanol–water partition coefficient (Wildman–Crippen LogP) is 4.58. The number of benzene rings is 3. The average molecular weight is 358 g/mol. The van der Waals surface area contributed by atoms with Gasteiger partial charge in [-0.3, -0.25) is 14.9 Å². The lowest BCUT2D eigenvalue weighted by molar-refractivity contribution is -0.384. The molecule has 1 aliphatic heterocycles. The standard InChI is InChI=1S/C22H18N2O3/c1-15-9-11-18(12-10-15)23-21(25)14-16-5-2-3-8-20(16)22(23)17-6-4-7-19(13-17)24(26)27/h2-13,22H,14H2,1H3/t22-/m0/s1. The summed E-state index contributed by atoms with van der Waals surface area (Å²) in [6, 6.07) is 21.7. The Balaban J connectivity index is 1.91. The van der Waals surface area contributed by atoms with Gasteiger partial charge >= 0.3 is 0 Å². The number of rotatable bonds is 3. The first-order valence-corrected chi connectivity index (χ1v) is 8.75. The van der Waals surface area contributed by atoms with Gasteiger partial charge in [-0.15, -0.1) is 0 Å². The van der Waals surface area contributed by atoms with E-state index in [9.17, 15) is 14.9 Å². The Labute approximate surface area is 157 Å². The van der Waals surface area contributed by atoms with E-state index in [0.717, 1.165) is 27.9 Å². The van der Waals surface area contributed by atoms with Crippen molar-refractivity contribution in [3.8, 4) is 0 Å². The molecule has 3 aromatic carbocycles. The Kier molecular flexibility index (Phi) is 4.20. The molecule has 134 valence electrons. The van der Waals surface area contributed by atoms with E-state index in [1.54, 1.807) is 17.0 Å². The first kappa shape index (κ1) is 17.0. The summed E-state index contributed by atoms with van der Waals surface area (Å²) in [6.07, 6.45) is 0.315. The number of fused-ring (bicyclic) bond motifs is 1. The van der Waals surface area contributed by atoms with Crippen LogP contribution in [0.25, 0.3) is 0 Å². The lowest BCUT2D eigenvalue weighted by atomic mass is 9.87. The Bertz CT molecular complexity index is 1030. The smallest absolute Gasteiger partial charge is 0.269 e. The van der Waals surface area contributed by atoms with E-state index in [1.807, 2.05) is 61.5 Å². The molecule has 0 unspecified atom stereocenters. The molecule has 1 atom stereocenters. The average Bonchev–Trinajstić information content (AvgIpc) is 2.68. The Hall–Kier alpha value is -3.47. The maximum absolute atomic E-state index is 13.0. The molecule has 0 N–H and O–H groups in total. The highest BCUT2D eigenvalue weighted by Gasteiger charge is 2.35. The molecule has 0 fully saturated rings. The van der Waals surface area contributed by atoms with Crippen molar-refractivity contribution in [3.63, 3.8) is 0 Å². The molecular formula is C22H18N2O3. The van der Waals surface area contributed by atoms with Crippen molar-refractivity contribution in [3.05, 3.63) is 105 Å². The SMILES string of the molecule is Cc1ccc(N2C(=O)Cc3ccccc3[C@@H]2c2cccc([N+](=O)[O-])c2)cc1. The second kappa shape index (κ2) is 6.68. The minimum atomic E-state index is -0.406. The van der Waals surface area contributed by atoms with Gasteiger partial charge in [0.15, 0.2) is 0 Å². The van der Waals surface area contributed by atoms with Gasteiger partial charge in [0, 0.05) is 17.8 Å². The summed E-state index contributed by atoms with van der Waals surface area (Å²) in [5.74, 6) is -0.0194. The molecule has 0 saturated carbocycles. The van der Waals surface area contributed by atoms with E-state index in [0.29, 0.717) is 6.42 Å². The van der Waals surface area contributed by atoms with Gasteiger partial charge in [0.2, 0.25) is 5.91 Å². The summed E-state index contributed by atoms with van der Waals surface area (Å²) in [6.45, 7) is 2.00. The number of aryl methyl sites for hydroxylation is 1. The first-order valence-electron chi connectivity index (χ1n) is 8.75. The summed E-state index contributed by atoms with van der Waals surface area (Å²) in [5.41, 5.74) is 4.60. The molecule has 1 amide bonds. The van der Waals surface area contributed by atoms with Gasteiger partial charge in [0.1, 0.15) is 0 Å². The van der Waals surface area contributed by atoms with Crippen molar-refractivity contribution < 1.29 is 9.72 Å². The zero-order valence-electron chi connectivity index (χ0n) is 14.8. The van der Waals surface area contributed by atoms with E-state index in [1.165, 1.54) is 6.07 Å². The van der Waals surface area contributed by atoms with E-state index in [-0.39, 0.29) is 11.6 Å². The number of hydrogen-bond donors (Lipinski definition) is 0. The van der Waals surface area contributed by atoms with Gasteiger partial charge in [-0.2, -0.15) is 0 Å². The molecule has 0 bridgehead atoms. The Morgan fingerprint density at radius 2 is 1.74 bits per heavy atom. The highest BCUT2D eigenvalue weighted by molar-refractivity contribution is 5.98. The monoisotopic (exact) mass is 358 g/mol. The third kappa shape index (κ3) is 3.08. The summed E-state index contributed by atoms with van der Waals surface area (Å²) >= 11 is 0.